The molecule has 1 saturated carbocycles. The van der Waals surface area contributed by atoms with Gasteiger partial charge in [-0.25, -0.2) is 0 Å². The van der Waals surface area contributed by atoms with Crippen LogP contribution in [0.5, 0.6) is 0 Å². The normalized spacial score (nSPS) is 20.4. The maximum atomic E-state index is 12.4. The number of benzene rings is 1. The number of nitrogens with zero attached hydrogens (tertiary/aromatic N) is 1. The van der Waals surface area contributed by atoms with E-state index >= 15 is 0 Å². The third-order valence-corrected chi connectivity index (χ3v) is 5.82. The highest BCUT2D eigenvalue weighted by atomic mass is 35.5. The summed E-state index contributed by atoms with van der Waals surface area (Å²) in [4.78, 5) is 14.9. The van der Waals surface area contributed by atoms with Gasteiger partial charge in [-0.15, -0.1) is 24.8 Å². The van der Waals surface area contributed by atoms with Gasteiger partial charge >= 0.3 is 0 Å². The SMILES string of the molecule is CN(Cc1ccccc1CNC(=O)[C@H]1CCCCN1)C1CCCCC1.Cl.Cl. The van der Waals surface area contributed by atoms with Crippen molar-refractivity contribution >= 4 is 30.7 Å². The molecule has 0 unspecified atom stereocenters. The average Bonchev–Trinajstić information content (AvgIpc) is 2.68. The van der Waals surface area contributed by atoms with Gasteiger partial charge in [0.15, 0.2) is 0 Å². The van der Waals surface area contributed by atoms with Crippen LogP contribution in [0.25, 0.3) is 0 Å². The zero-order valence-corrected chi connectivity index (χ0v) is 18.0. The zero-order valence-electron chi connectivity index (χ0n) is 16.4. The predicted molar refractivity (Wildman–Crippen MR) is 117 cm³/mol. The first-order chi connectivity index (χ1) is 12.2. The van der Waals surface area contributed by atoms with Gasteiger partial charge in [-0.2, -0.15) is 0 Å². The molecule has 4 nitrogen and oxygen atoms in total. The Kier molecular flexibility index (Phi) is 11.3. The van der Waals surface area contributed by atoms with Crippen LogP contribution in [-0.2, 0) is 17.9 Å². The Hall–Kier alpha value is -0.810. The van der Waals surface area contributed by atoms with Gasteiger partial charge in [-0.1, -0.05) is 49.9 Å². The Morgan fingerprint density at radius 3 is 2.37 bits per heavy atom. The van der Waals surface area contributed by atoms with Crippen molar-refractivity contribution in [3.8, 4) is 0 Å². The molecule has 1 aromatic rings. The molecule has 1 atom stereocenters. The van der Waals surface area contributed by atoms with E-state index in [-0.39, 0.29) is 36.8 Å². The van der Waals surface area contributed by atoms with Gasteiger partial charge in [0.05, 0.1) is 6.04 Å². The summed E-state index contributed by atoms with van der Waals surface area (Å²) >= 11 is 0. The molecular formula is C21H35Cl2N3O. The van der Waals surface area contributed by atoms with E-state index in [1.165, 1.54) is 49.7 Å². The van der Waals surface area contributed by atoms with Crippen molar-refractivity contribution in [3.63, 3.8) is 0 Å². The first-order valence-corrected chi connectivity index (χ1v) is 10.0. The molecule has 0 radical (unpaired) electrons. The van der Waals surface area contributed by atoms with E-state index in [4.69, 9.17) is 0 Å². The highest BCUT2D eigenvalue weighted by Gasteiger charge is 2.21. The number of carbonyl (C=O) groups is 1. The Bertz CT molecular complexity index is 558. The number of hydrogen-bond donors (Lipinski definition) is 2. The molecule has 1 aromatic carbocycles. The predicted octanol–water partition coefficient (Wildman–Crippen LogP) is 4.05. The van der Waals surface area contributed by atoms with Crippen molar-refractivity contribution < 1.29 is 4.79 Å². The molecule has 154 valence electrons. The van der Waals surface area contributed by atoms with Gasteiger partial charge in [0.2, 0.25) is 5.91 Å². The van der Waals surface area contributed by atoms with E-state index in [0.29, 0.717) is 12.6 Å². The number of carbonyl (C=O) groups excluding carboxylic acids is 1. The average molecular weight is 416 g/mol. The minimum Gasteiger partial charge on any atom is -0.351 e. The third kappa shape index (κ3) is 7.26. The molecule has 27 heavy (non-hydrogen) atoms. The second-order valence-electron chi connectivity index (χ2n) is 7.70. The molecule has 2 N–H and O–H groups in total. The van der Waals surface area contributed by atoms with E-state index < -0.39 is 0 Å². The minimum atomic E-state index is -0.00850. The second kappa shape index (κ2) is 12.6. The molecule has 2 aliphatic rings. The number of rotatable bonds is 6. The largest absolute Gasteiger partial charge is 0.351 e. The van der Waals surface area contributed by atoms with Crippen LogP contribution in [-0.4, -0.2) is 36.5 Å². The van der Waals surface area contributed by atoms with Gasteiger partial charge in [0.1, 0.15) is 0 Å². The number of nitrogens with one attached hydrogen (secondary N) is 2. The van der Waals surface area contributed by atoms with Crippen LogP contribution in [0.3, 0.4) is 0 Å². The van der Waals surface area contributed by atoms with Crippen molar-refractivity contribution in [2.24, 2.45) is 0 Å². The highest BCUT2D eigenvalue weighted by molar-refractivity contribution is 5.85. The molecule has 1 aliphatic carbocycles. The minimum absolute atomic E-state index is 0. The third-order valence-electron chi connectivity index (χ3n) is 5.82. The fraction of sp³-hybridized carbons (Fsp3) is 0.667. The Morgan fingerprint density at radius 2 is 1.70 bits per heavy atom. The number of hydrogen-bond acceptors (Lipinski definition) is 3. The number of amides is 1. The summed E-state index contributed by atoms with van der Waals surface area (Å²) in [5.74, 6) is 0.148. The van der Waals surface area contributed by atoms with E-state index in [1.807, 2.05) is 0 Å². The molecule has 3 rings (SSSR count). The maximum absolute atomic E-state index is 12.4. The molecular weight excluding hydrogens is 381 g/mol. The van der Waals surface area contributed by atoms with E-state index in [0.717, 1.165) is 25.9 Å². The summed E-state index contributed by atoms with van der Waals surface area (Å²) in [6.07, 6.45) is 10.0. The molecule has 1 heterocycles. The van der Waals surface area contributed by atoms with Crippen LogP contribution >= 0.6 is 24.8 Å². The van der Waals surface area contributed by atoms with E-state index in [2.05, 4.69) is 46.8 Å². The lowest BCUT2D eigenvalue weighted by Crippen LogP contribution is -2.46. The van der Waals surface area contributed by atoms with Crippen LogP contribution in [0, 0.1) is 0 Å². The zero-order chi connectivity index (χ0) is 17.5. The fourth-order valence-corrected chi connectivity index (χ4v) is 4.18. The Labute approximate surface area is 176 Å². The first kappa shape index (κ1) is 24.2. The van der Waals surface area contributed by atoms with Gasteiger partial charge < -0.3 is 10.6 Å². The standard InChI is InChI=1S/C21H33N3O.2ClH/c1-24(19-11-3-2-4-12-19)16-18-10-6-5-9-17(18)15-23-21(25)20-13-7-8-14-22-20;;/h5-6,9-10,19-20,22H,2-4,7-8,11-16H2,1H3,(H,23,25);2*1H/t20-;;/m1../s1. The van der Waals surface area contributed by atoms with Crippen LogP contribution in [0.4, 0.5) is 0 Å². The van der Waals surface area contributed by atoms with Crippen molar-refractivity contribution in [2.75, 3.05) is 13.6 Å². The molecule has 2 fully saturated rings. The molecule has 6 heteroatoms. The molecule has 1 amide bonds. The van der Waals surface area contributed by atoms with Gasteiger partial charge in [-0.3, -0.25) is 9.69 Å². The topological polar surface area (TPSA) is 44.4 Å². The highest BCUT2D eigenvalue weighted by Crippen LogP contribution is 2.23. The lowest BCUT2D eigenvalue weighted by Gasteiger charge is -2.31. The smallest absolute Gasteiger partial charge is 0.237 e. The first-order valence-electron chi connectivity index (χ1n) is 10.0. The number of piperidine rings is 1. The lowest BCUT2D eigenvalue weighted by molar-refractivity contribution is -0.123. The molecule has 1 saturated heterocycles. The van der Waals surface area contributed by atoms with Crippen LogP contribution < -0.4 is 10.6 Å². The van der Waals surface area contributed by atoms with Gasteiger partial charge in [0.25, 0.3) is 0 Å². The molecule has 1 aliphatic heterocycles. The maximum Gasteiger partial charge on any atom is 0.237 e. The van der Waals surface area contributed by atoms with Crippen molar-refractivity contribution in [1.82, 2.24) is 15.5 Å². The van der Waals surface area contributed by atoms with Gasteiger partial charge in [-0.05, 0) is 50.4 Å². The van der Waals surface area contributed by atoms with Crippen molar-refractivity contribution in [2.45, 2.75) is 76.5 Å². The molecule has 0 bridgehead atoms. The van der Waals surface area contributed by atoms with Crippen molar-refractivity contribution in [1.29, 1.82) is 0 Å². The summed E-state index contributed by atoms with van der Waals surface area (Å²) in [5, 5.41) is 6.47. The van der Waals surface area contributed by atoms with Gasteiger partial charge in [0, 0.05) is 19.1 Å². The molecule has 0 aromatic heterocycles. The fourth-order valence-electron chi connectivity index (χ4n) is 4.18. The second-order valence-corrected chi connectivity index (χ2v) is 7.70. The molecule has 0 spiro atoms. The summed E-state index contributed by atoms with van der Waals surface area (Å²) in [7, 11) is 2.25. The Morgan fingerprint density at radius 1 is 1.04 bits per heavy atom. The summed E-state index contributed by atoms with van der Waals surface area (Å²) in [5.41, 5.74) is 2.58. The van der Waals surface area contributed by atoms with Crippen LogP contribution in [0.1, 0.15) is 62.5 Å². The Balaban J connectivity index is 0.00000182. The van der Waals surface area contributed by atoms with Crippen LogP contribution in [0.2, 0.25) is 0 Å². The lowest BCUT2D eigenvalue weighted by atomic mass is 9.94. The summed E-state index contributed by atoms with van der Waals surface area (Å²) in [6.45, 7) is 2.56. The van der Waals surface area contributed by atoms with E-state index in [1.54, 1.807) is 0 Å². The van der Waals surface area contributed by atoms with Crippen molar-refractivity contribution in [3.05, 3.63) is 35.4 Å². The monoisotopic (exact) mass is 415 g/mol. The van der Waals surface area contributed by atoms with E-state index in [9.17, 15) is 4.79 Å². The summed E-state index contributed by atoms with van der Waals surface area (Å²) < 4.78 is 0. The quantitative estimate of drug-likeness (QED) is 0.735. The summed E-state index contributed by atoms with van der Waals surface area (Å²) in [6, 6.07) is 9.24. The number of halogens is 2. The van der Waals surface area contributed by atoms with Crippen LogP contribution in [0.15, 0.2) is 24.3 Å².